The Morgan fingerprint density at radius 1 is 1.12 bits per heavy atom. The van der Waals surface area contributed by atoms with Crippen molar-refractivity contribution in [1.29, 1.82) is 0 Å². The molecule has 2 unspecified atom stereocenters. The van der Waals surface area contributed by atoms with Gasteiger partial charge in [0.25, 0.3) is 0 Å². The molecule has 5 heteroatoms. The van der Waals surface area contributed by atoms with E-state index in [1.165, 1.54) is 5.56 Å². The van der Waals surface area contributed by atoms with E-state index in [2.05, 4.69) is 58.4 Å². The quantitative estimate of drug-likeness (QED) is 0.522. The first-order chi connectivity index (χ1) is 11.1. The predicted molar refractivity (Wildman–Crippen MR) is 99.8 cm³/mol. The van der Waals surface area contributed by atoms with Crippen LogP contribution in [0.4, 0.5) is 0 Å². The molecule has 0 fully saturated rings. The minimum Gasteiger partial charge on any atom is -0.760 e. The van der Waals surface area contributed by atoms with E-state index >= 15 is 0 Å². The van der Waals surface area contributed by atoms with Crippen molar-refractivity contribution in [3.8, 4) is 5.75 Å². The molecule has 0 heterocycles. The highest BCUT2D eigenvalue weighted by Crippen LogP contribution is 2.38. The molecule has 1 aromatic rings. The summed E-state index contributed by atoms with van der Waals surface area (Å²) in [5.41, 5.74) is 2.45. The second-order valence-corrected chi connectivity index (χ2v) is 8.26. The lowest BCUT2D eigenvalue weighted by Crippen LogP contribution is -2.35. The molecule has 0 saturated carbocycles. The number of benzene rings is 1. The summed E-state index contributed by atoms with van der Waals surface area (Å²) in [5.74, 6) is 0.752. The highest BCUT2D eigenvalue weighted by molar-refractivity contribution is 7.77. The molecular formula is C19H32NO3S-. The van der Waals surface area contributed by atoms with Crippen molar-refractivity contribution in [3.05, 3.63) is 29.3 Å². The summed E-state index contributed by atoms with van der Waals surface area (Å²) in [7, 11) is 0. The van der Waals surface area contributed by atoms with Crippen LogP contribution in [0, 0.1) is 0 Å². The van der Waals surface area contributed by atoms with Crippen LogP contribution >= 0.6 is 0 Å². The number of ether oxygens (including phenoxy) is 1. The molecule has 0 spiro atoms. The van der Waals surface area contributed by atoms with Crippen LogP contribution in [0.1, 0.15) is 78.9 Å². The molecule has 4 nitrogen and oxygen atoms in total. The van der Waals surface area contributed by atoms with Crippen molar-refractivity contribution >= 4 is 11.3 Å². The molecule has 0 aromatic heterocycles. The third-order valence-electron chi connectivity index (χ3n) is 5.13. The monoisotopic (exact) mass is 354 g/mol. The lowest BCUT2D eigenvalue weighted by atomic mass is 9.76. The van der Waals surface area contributed by atoms with Crippen LogP contribution in [0.5, 0.6) is 5.75 Å². The van der Waals surface area contributed by atoms with E-state index in [9.17, 15) is 8.76 Å². The number of nitrogens with one attached hydrogen (secondary N) is 1. The zero-order chi connectivity index (χ0) is 18.5. The standard InChI is InChI=1S/C19H33NO3S/c1-8-17(20-24(21)22)23-16-12-11-14(18(4,5)9-2)13-15(16)19(6,7)10-3/h11-13,17,20H,8-10H2,1-7H3,(H,21,22)/p-1. The van der Waals surface area contributed by atoms with Gasteiger partial charge in [0.2, 0.25) is 0 Å². The van der Waals surface area contributed by atoms with Crippen molar-refractivity contribution < 1.29 is 13.5 Å². The third kappa shape index (κ3) is 5.30. The Morgan fingerprint density at radius 2 is 1.71 bits per heavy atom. The van der Waals surface area contributed by atoms with Crippen molar-refractivity contribution in [2.45, 2.75) is 84.8 Å². The average molecular weight is 355 g/mol. The Bertz CT molecular complexity index is 570. The molecule has 0 amide bonds. The van der Waals surface area contributed by atoms with E-state index in [1.54, 1.807) is 0 Å². The van der Waals surface area contributed by atoms with Gasteiger partial charge in [-0.3, -0.25) is 4.21 Å². The van der Waals surface area contributed by atoms with Crippen LogP contribution < -0.4 is 9.46 Å². The van der Waals surface area contributed by atoms with Gasteiger partial charge < -0.3 is 9.29 Å². The molecular weight excluding hydrogens is 322 g/mol. The van der Waals surface area contributed by atoms with Crippen LogP contribution in [0.15, 0.2) is 18.2 Å². The Morgan fingerprint density at radius 3 is 2.17 bits per heavy atom. The van der Waals surface area contributed by atoms with Crippen LogP contribution in [0.25, 0.3) is 0 Å². The number of hydrogen-bond donors (Lipinski definition) is 1. The fourth-order valence-corrected chi connectivity index (χ4v) is 2.86. The van der Waals surface area contributed by atoms with E-state index in [0.717, 1.165) is 24.2 Å². The van der Waals surface area contributed by atoms with Gasteiger partial charge in [-0.1, -0.05) is 60.6 Å². The van der Waals surface area contributed by atoms with Gasteiger partial charge in [0, 0.05) is 16.8 Å². The van der Waals surface area contributed by atoms with Crippen LogP contribution in [-0.4, -0.2) is 15.0 Å². The van der Waals surface area contributed by atoms with E-state index in [-0.39, 0.29) is 10.8 Å². The van der Waals surface area contributed by atoms with Crippen molar-refractivity contribution in [2.24, 2.45) is 0 Å². The molecule has 1 aromatic carbocycles. The zero-order valence-corrected chi connectivity index (χ0v) is 16.9. The second-order valence-electron chi connectivity index (χ2n) is 7.55. The molecule has 1 N–H and O–H groups in total. The van der Waals surface area contributed by atoms with Gasteiger partial charge in [-0.2, -0.15) is 0 Å². The highest BCUT2D eigenvalue weighted by atomic mass is 32.2. The summed E-state index contributed by atoms with van der Waals surface area (Å²) in [6, 6.07) is 6.30. The summed E-state index contributed by atoms with van der Waals surface area (Å²) in [5, 5.41) is 0. The topological polar surface area (TPSA) is 61.4 Å². The van der Waals surface area contributed by atoms with Gasteiger partial charge in [0.05, 0.1) is 0 Å². The smallest absolute Gasteiger partial charge is 0.159 e. The Balaban J connectivity index is 3.31. The lowest BCUT2D eigenvalue weighted by molar-refractivity contribution is 0.180. The summed E-state index contributed by atoms with van der Waals surface area (Å²) in [4.78, 5) is 0. The maximum Gasteiger partial charge on any atom is 0.159 e. The first kappa shape index (κ1) is 21.1. The maximum atomic E-state index is 10.9. The first-order valence-corrected chi connectivity index (χ1v) is 9.82. The Kier molecular flexibility index (Phi) is 7.44. The van der Waals surface area contributed by atoms with Crippen molar-refractivity contribution in [3.63, 3.8) is 0 Å². The SMILES string of the molecule is CCC(NS(=O)[O-])Oc1ccc(C(C)(C)CC)cc1C(C)(C)CC. The van der Waals surface area contributed by atoms with Crippen LogP contribution in [0.3, 0.4) is 0 Å². The fourth-order valence-electron chi connectivity index (χ4n) is 2.43. The highest BCUT2D eigenvalue weighted by Gasteiger charge is 2.27. The van der Waals surface area contributed by atoms with Gasteiger partial charge in [-0.25, -0.2) is 4.72 Å². The number of hydrogen-bond acceptors (Lipinski definition) is 3. The van der Waals surface area contributed by atoms with Crippen LogP contribution in [0.2, 0.25) is 0 Å². The maximum absolute atomic E-state index is 10.9. The van der Waals surface area contributed by atoms with E-state index in [0.29, 0.717) is 6.42 Å². The lowest BCUT2D eigenvalue weighted by Gasteiger charge is -2.31. The molecule has 0 saturated heterocycles. The van der Waals surface area contributed by atoms with Gasteiger partial charge in [-0.15, -0.1) is 0 Å². The molecule has 1 rings (SSSR count). The molecule has 0 aliphatic heterocycles. The zero-order valence-electron chi connectivity index (χ0n) is 16.1. The van der Waals surface area contributed by atoms with Gasteiger partial charge in [0.1, 0.15) is 5.75 Å². The van der Waals surface area contributed by atoms with E-state index < -0.39 is 17.5 Å². The number of rotatable bonds is 9. The third-order valence-corrected chi connectivity index (χ3v) is 5.58. The van der Waals surface area contributed by atoms with Crippen LogP contribution in [-0.2, 0) is 22.1 Å². The van der Waals surface area contributed by atoms with E-state index in [1.807, 2.05) is 13.0 Å². The molecule has 0 radical (unpaired) electrons. The molecule has 0 aliphatic carbocycles. The van der Waals surface area contributed by atoms with Gasteiger partial charge in [-0.05, 0) is 41.7 Å². The summed E-state index contributed by atoms with van der Waals surface area (Å²) in [6.07, 6.45) is 2.02. The molecule has 24 heavy (non-hydrogen) atoms. The predicted octanol–water partition coefficient (Wildman–Crippen LogP) is 4.56. The summed E-state index contributed by atoms with van der Waals surface area (Å²) in [6.45, 7) is 15.1. The average Bonchev–Trinajstić information content (AvgIpc) is 2.53. The normalized spacial score (nSPS) is 15.2. The first-order valence-electron chi connectivity index (χ1n) is 8.74. The molecule has 2 atom stereocenters. The largest absolute Gasteiger partial charge is 0.760 e. The molecule has 0 bridgehead atoms. The summed E-state index contributed by atoms with van der Waals surface area (Å²) < 4.78 is 30.3. The summed E-state index contributed by atoms with van der Waals surface area (Å²) >= 11 is -2.34. The van der Waals surface area contributed by atoms with E-state index in [4.69, 9.17) is 4.74 Å². The fraction of sp³-hybridized carbons (Fsp3) is 0.684. The second kappa shape index (κ2) is 8.45. The van der Waals surface area contributed by atoms with Gasteiger partial charge in [0.15, 0.2) is 6.23 Å². The Hall–Kier alpha value is -0.910. The molecule has 0 aliphatic rings. The Labute approximate surface area is 149 Å². The minimum absolute atomic E-state index is 0.0515. The van der Waals surface area contributed by atoms with Crippen molar-refractivity contribution in [2.75, 3.05) is 0 Å². The molecule has 138 valence electrons. The van der Waals surface area contributed by atoms with Crippen molar-refractivity contribution in [1.82, 2.24) is 4.72 Å². The van der Waals surface area contributed by atoms with Gasteiger partial charge >= 0.3 is 0 Å². The minimum atomic E-state index is -2.34.